The molecule has 0 aliphatic heterocycles. The van der Waals surface area contributed by atoms with E-state index in [0.29, 0.717) is 19.3 Å². The Labute approximate surface area is 158 Å². The van der Waals surface area contributed by atoms with E-state index in [1.165, 1.54) is 13.2 Å². The first-order chi connectivity index (χ1) is 12.5. The standard InChI is InChI=1S/C21H36O5/c1-3-4-10-13-18(22)16-17-20(24)19(23)14-11-8-6-5-7-9-12-15-21(25)26-2/h5,7-8,11,16-20,22-24H,3-4,6,9-10,12-15H2,1-2H3/b7-5-,11-8-,17-16+/t18-,19+,20+/m0/s1. The summed E-state index contributed by atoms with van der Waals surface area (Å²) in [6.07, 6.45) is 15.3. The molecule has 150 valence electrons. The fourth-order valence-corrected chi connectivity index (χ4v) is 2.30. The summed E-state index contributed by atoms with van der Waals surface area (Å²) in [6, 6.07) is 0. The van der Waals surface area contributed by atoms with Gasteiger partial charge in [-0.15, -0.1) is 0 Å². The average molecular weight is 369 g/mol. The van der Waals surface area contributed by atoms with E-state index in [1.807, 2.05) is 24.3 Å². The van der Waals surface area contributed by atoms with Gasteiger partial charge in [-0.2, -0.15) is 0 Å². The first-order valence-electron chi connectivity index (χ1n) is 9.60. The fourth-order valence-electron chi connectivity index (χ4n) is 2.30. The van der Waals surface area contributed by atoms with E-state index in [0.717, 1.165) is 38.5 Å². The van der Waals surface area contributed by atoms with E-state index < -0.39 is 18.3 Å². The van der Waals surface area contributed by atoms with E-state index in [2.05, 4.69) is 11.7 Å². The molecule has 0 radical (unpaired) electrons. The van der Waals surface area contributed by atoms with Crippen LogP contribution in [0, 0.1) is 0 Å². The van der Waals surface area contributed by atoms with Gasteiger partial charge in [-0.25, -0.2) is 0 Å². The highest BCUT2D eigenvalue weighted by Gasteiger charge is 2.11. The van der Waals surface area contributed by atoms with Crippen LogP contribution in [0.25, 0.3) is 0 Å². The Hall–Kier alpha value is -1.43. The van der Waals surface area contributed by atoms with Crippen molar-refractivity contribution in [2.75, 3.05) is 7.11 Å². The van der Waals surface area contributed by atoms with Gasteiger partial charge in [-0.1, -0.05) is 62.6 Å². The largest absolute Gasteiger partial charge is 0.469 e. The minimum absolute atomic E-state index is 0.187. The second-order valence-electron chi connectivity index (χ2n) is 6.39. The third-order valence-electron chi connectivity index (χ3n) is 3.99. The Morgan fingerprint density at radius 2 is 1.73 bits per heavy atom. The van der Waals surface area contributed by atoms with E-state index in [9.17, 15) is 20.1 Å². The number of aliphatic hydroxyl groups excluding tert-OH is 3. The van der Waals surface area contributed by atoms with E-state index in [4.69, 9.17) is 0 Å². The van der Waals surface area contributed by atoms with Crippen LogP contribution in [0.2, 0.25) is 0 Å². The van der Waals surface area contributed by atoms with Gasteiger partial charge in [0.1, 0.15) is 0 Å². The second kappa shape index (κ2) is 17.0. The molecule has 0 unspecified atom stereocenters. The van der Waals surface area contributed by atoms with Crippen molar-refractivity contribution in [1.82, 2.24) is 0 Å². The van der Waals surface area contributed by atoms with Gasteiger partial charge in [-0.05, 0) is 32.1 Å². The van der Waals surface area contributed by atoms with Gasteiger partial charge in [0.25, 0.3) is 0 Å². The molecule has 0 heterocycles. The summed E-state index contributed by atoms with van der Waals surface area (Å²) in [5.74, 6) is -0.187. The van der Waals surface area contributed by atoms with Gasteiger partial charge in [-0.3, -0.25) is 4.79 Å². The van der Waals surface area contributed by atoms with Crippen LogP contribution in [-0.4, -0.2) is 46.7 Å². The third-order valence-corrected chi connectivity index (χ3v) is 3.99. The van der Waals surface area contributed by atoms with Crippen molar-refractivity contribution in [2.45, 2.75) is 83.0 Å². The average Bonchev–Trinajstić information content (AvgIpc) is 2.64. The van der Waals surface area contributed by atoms with Gasteiger partial charge < -0.3 is 20.1 Å². The molecule has 0 aliphatic carbocycles. The molecule has 0 aromatic rings. The van der Waals surface area contributed by atoms with Crippen LogP contribution >= 0.6 is 0 Å². The maximum Gasteiger partial charge on any atom is 0.305 e. The molecule has 0 saturated heterocycles. The number of ether oxygens (including phenoxy) is 1. The molecule has 0 aromatic heterocycles. The molecule has 0 spiro atoms. The Morgan fingerprint density at radius 3 is 2.42 bits per heavy atom. The Morgan fingerprint density at radius 1 is 1.00 bits per heavy atom. The summed E-state index contributed by atoms with van der Waals surface area (Å²) in [5.41, 5.74) is 0. The van der Waals surface area contributed by atoms with Gasteiger partial charge in [0.2, 0.25) is 0 Å². The summed E-state index contributed by atoms with van der Waals surface area (Å²) in [7, 11) is 1.39. The molecular formula is C21H36O5. The van der Waals surface area contributed by atoms with Crippen molar-refractivity contribution in [1.29, 1.82) is 0 Å². The van der Waals surface area contributed by atoms with E-state index >= 15 is 0 Å². The number of rotatable bonds is 15. The zero-order chi connectivity index (χ0) is 19.6. The van der Waals surface area contributed by atoms with Crippen molar-refractivity contribution in [3.8, 4) is 0 Å². The summed E-state index contributed by atoms with van der Waals surface area (Å²) in [6.45, 7) is 2.11. The number of hydrogen-bond donors (Lipinski definition) is 3. The Balaban J connectivity index is 3.85. The van der Waals surface area contributed by atoms with Crippen LogP contribution in [0.3, 0.4) is 0 Å². The number of carbonyl (C=O) groups is 1. The highest BCUT2D eigenvalue weighted by molar-refractivity contribution is 5.69. The molecule has 0 saturated carbocycles. The molecule has 0 bridgehead atoms. The maximum absolute atomic E-state index is 10.9. The Kier molecular flexibility index (Phi) is 16.1. The van der Waals surface area contributed by atoms with Gasteiger partial charge in [0, 0.05) is 6.42 Å². The zero-order valence-electron chi connectivity index (χ0n) is 16.2. The SMILES string of the molecule is CCCCC[C@H](O)/C=C/[C@@H](O)[C@H](O)C/C=C\C/C=C\CCCC(=O)OC. The topological polar surface area (TPSA) is 87.0 Å². The maximum atomic E-state index is 10.9. The van der Waals surface area contributed by atoms with Crippen LogP contribution in [0.4, 0.5) is 0 Å². The highest BCUT2D eigenvalue weighted by Crippen LogP contribution is 2.07. The highest BCUT2D eigenvalue weighted by atomic mass is 16.5. The molecule has 3 atom stereocenters. The van der Waals surface area contributed by atoms with E-state index in [-0.39, 0.29) is 5.97 Å². The molecule has 0 aromatic carbocycles. The molecular weight excluding hydrogens is 332 g/mol. The fraction of sp³-hybridized carbons (Fsp3) is 0.667. The number of carbonyl (C=O) groups excluding carboxylic acids is 1. The van der Waals surface area contributed by atoms with Gasteiger partial charge in [0.05, 0.1) is 25.4 Å². The first kappa shape index (κ1) is 24.6. The molecule has 26 heavy (non-hydrogen) atoms. The Bertz CT molecular complexity index is 428. The van der Waals surface area contributed by atoms with Crippen LogP contribution < -0.4 is 0 Å². The monoisotopic (exact) mass is 368 g/mol. The zero-order valence-corrected chi connectivity index (χ0v) is 16.2. The summed E-state index contributed by atoms with van der Waals surface area (Å²) < 4.78 is 4.57. The van der Waals surface area contributed by atoms with Crippen molar-refractivity contribution in [2.24, 2.45) is 0 Å². The lowest BCUT2D eigenvalue weighted by molar-refractivity contribution is -0.140. The van der Waals surface area contributed by atoms with Crippen molar-refractivity contribution in [3.05, 3.63) is 36.5 Å². The summed E-state index contributed by atoms with van der Waals surface area (Å²) >= 11 is 0. The van der Waals surface area contributed by atoms with E-state index in [1.54, 1.807) is 6.08 Å². The third kappa shape index (κ3) is 14.9. The molecule has 5 nitrogen and oxygen atoms in total. The molecule has 5 heteroatoms. The summed E-state index contributed by atoms with van der Waals surface area (Å²) in [5, 5.41) is 29.5. The molecule has 0 amide bonds. The summed E-state index contributed by atoms with van der Waals surface area (Å²) in [4.78, 5) is 10.9. The van der Waals surface area contributed by atoms with Gasteiger partial charge >= 0.3 is 5.97 Å². The lowest BCUT2D eigenvalue weighted by Gasteiger charge is -2.13. The van der Waals surface area contributed by atoms with Gasteiger partial charge in [0.15, 0.2) is 0 Å². The quantitative estimate of drug-likeness (QED) is 0.234. The minimum atomic E-state index is -0.977. The van der Waals surface area contributed by atoms with Crippen molar-refractivity contribution < 1.29 is 24.9 Å². The lowest BCUT2D eigenvalue weighted by atomic mass is 10.1. The second-order valence-corrected chi connectivity index (χ2v) is 6.39. The minimum Gasteiger partial charge on any atom is -0.469 e. The molecule has 0 fully saturated rings. The smallest absolute Gasteiger partial charge is 0.305 e. The molecule has 0 rings (SSSR count). The number of methoxy groups -OCH3 is 1. The van der Waals surface area contributed by atoms with Crippen LogP contribution in [-0.2, 0) is 9.53 Å². The van der Waals surface area contributed by atoms with Crippen molar-refractivity contribution >= 4 is 5.97 Å². The first-order valence-corrected chi connectivity index (χ1v) is 9.60. The molecule has 3 N–H and O–H groups in total. The van der Waals surface area contributed by atoms with Crippen LogP contribution in [0.5, 0.6) is 0 Å². The number of allylic oxidation sites excluding steroid dienone is 3. The number of esters is 1. The van der Waals surface area contributed by atoms with Crippen LogP contribution in [0.15, 0.2) is 36.5 Å². The van der Waals surface area contributed by atoms with Crippen molar-refractivity contribution in [3.63, 3.8) is 0 Å². The predicted molar refractivity (Wildman–Crippen MR) is 105 cm³/mol. The normalized spacial score (nSPS) is 15.7. The number of aliphatic hydroxyl groups is 3. The lowest BCUT2D eigenvalue weighted by Crippen LogP contribution is -2.23. The number of hydrogen-bond acceptors (Lipinski definition) is 5. The number of unbranched alkanes of at least 4 members (excludes halogenated alkanes) is 3. The van der Waals surface area contributed by atoms with Crippen LogP contribution in [0.1, 0.15) is 64.7 Å². The molecule has 0 aliphatic rings. The predicted octanol–water partition coefficient (Wildman–Crippen LogP) is 3.44.